The first-order chi connectivity index (χ1) is 9.36. The first-order valence-electron chi connectivity index (χ1n) is 7.16. The summed E-state index contributed by atoms with van der Waals surface area (Å²) in [6.45, 7) is 4.56. The van der Waals surface area contributed by atoms with Crippen molar-refractivity contribution in [2.45, 2.75) is 42.4 Å². The van der Waals surface area contributed by atoms with E-state index in [4.69, 9.17) is 9.47 Å². The van der Waals surface area contributed by atoms with Crippen LogP contribution in [-0.2, 0) is 0 Å². The van der Waals surface area contributed by atoms with Gasteiger partial charge in [-0.2, -0.15) is 0 Å². The zero-order valence-electron chi connectivity index (χ0n) is 11.4. The molecule has 1 aromatic carbocycles. The standard InChI is InChI=1S/C15H21NO2S/c1-2-16-12-4-3-5-15(12)19-11-6-7-13-14(10-11)18-9-8-17-13/h6-7,10,12,15-16H,2-5,8-9H2,1H3. The third-order valence-electron chi connectivity index (χ3n) is 3.72. The van der Waals surface area contributed by atoms with E-state index in [0.717, 1.165) is 18.0 Å². The summed E-state index contributed by atoms with van der Waals surface area (Å²) in [6, 6.07) is 6.97. The summed E-state index contributed by atoms with van der Waals surface area (Å²) in [6.07, 6.45) is 3.94. The Balaban J connectivity index is 1.69. The number of rotatable bonds is 4. The number of thioether (sulfide) groups is 1. The van der Waals surface area contributed by atoms with Gasteiger partial charge in [0.1, 0.15) is 13.2 Å². The van der Waals surface area contributed by atoms with Crippen LogP contribution in [0.5, 0.6) is 11.5 Å². The maximum absolute atomic E-state index is 5.65. The van der Waals surface area contributed by atoms with E-state index in [-0.39, 0.29) is 0 Å². The van der Waals surface area contributed by atoms with Gasteiger partial charge in [-0.3, -0.25) is 0 Å². The lowest BCUT2D eigenvalue weighted by Gasteiger charge is -2.22. The number of benzene rings is 1. The highest BCUT2D eigenvalue weighted by Crippen LogP contribution is 2.39. The van der Waals surface area contributed by atoms with E-state index < -0.39 is 0 Å². The second-order valence-corrected chi connectivity index (χ2v) is 6.37. The molecular weight excluding hydrogens is 258 g/mol. The van der Waals surface area contributed by atoms with Crippen LogP contribution in [0, 0.1) is 0 Å². The Labute approximate surface area is 119 Å². The number of ether oxygens (including phenoxy) is 2. The van der Waals surface area contributed by atoms with Crippen LogP contribution in [0.4, 0.5) is 0 Å². The molecule has 1 saturated carbocycles. The summed E-state index contributed by atoms with van der Waals surface area (Å²) in [5.41, 5.74) is 0. The van der Waals surface area contributed by atoms with E-state index in [9.17, 15) is 0 Å². The molecule has 3 nitrogen and oxygen atoms in total. The Morgan fingerprint density at radius 3 is 2.89 bits per heavy atom. The van der Waals surface area contributed by atoms with Crippen molar-refractivity contribution in [2.75, 3.05) is 19.8 Å². The van der Waals surface area contributed by atoms with Gasteiger partial charge in [0.25, 0.3) is 0 Å². The molecule has 1 aliphatic heterocycles. The van der Waals surface area contributed by atoms with Crippen LogP contribution >= 0.6 is 11.8 Å². The average molecular weight is 279 g/mol. The molecule has 0 saturated heterocycles. The van der Waals surface area contributed by atoms with Gasteiger partial charge in [0.05, 0.1) is 0 Å². The second-order valence-electron chi connectivity index (χ2n) is 5.06. The van der Waals surface area contributed by atoms with Crippen LogP contribution in [0.2, 0.25) is 0 Å². The molecule has 0 amide bonds. The van der Waals surface area contributed by atoms with Gasteiger partial charge in [-0.1, -0.05) is 13.3 Å². The van der Waals surface area contributed by atoms with Crippen molar-refractivity contribution < 1.29 is 9.47 Å². The molecule has 4 heteroatoms. The van der Waals surface area contributed by atoms with Gasteiger partial charge in [0.15, 0.2) is 11.5 Å². The van der Waals surface area contributed by atoms with Gasteiger partial charge in [-0.25, -0.2) is 0 Å². The molecule has 1 aromatic rings. The van der Waals surface area contributed by atoms with Gasteiger partial charge in [0, 0.05) is 16.2 Å². The van der Waals surface area contributed by atoms with E-state index >= 15 is 0 Å². The monoisotopic (exact) mass is 279 g/mol. The van der Waals surface area contributed by atoms with Crippen molar-refractivity contribution in [2.24, 2.45) is 0 Å². The molecule has 1 heterocycles. The Bertz CT molecular complexity index is 438. The smallest absolute Gasteiger partial charge is 0.162 e. The molecule has 0 spiro atoms. The largest absolute Gasteiger partial charge is 0.486 e. The fourth-order valence-corrected chi connectivity index (χ4v) is 4.19. The van der Waals surface area contributed by atoms with Gasteiger partial charge in [0.2, 0.25) is 0 Å². The van der Waals surface area contributed by atoms with Crippen molar-refractivity contribution in [1.29, 1.82) is 0 Å². The fraction of sp³-hybridized carbons (Fsp3) is 0.600. The molecule has 1 fully saturated rings. The lowest BCUT2D eigenvalue weighted by molar-refractivity contribution is 0.171. The van der Waals surface area contributed by atoms with Crippen molar-refractivity contribution in [3.8, 4) is 11.5 Å². The molecule has 0 bridgehead atoms. The number of hydrogen-bond acceptors (Lipinski definition) is 4. The van der Waals surface area contributed by atoms with Gasteiger partial charge in [-0.05, 0) is 37.6 Å². The van der Waals surface area contributed by atoms with E-state index in [0.29, 0.717) is 24.5 Å². The number of nitrogens with one attached hydrogen (secondary N) is 1. The molecule has 2 atom stereocenters. The molecule has 1 N–H and O–H groups in total. The summed E-state index contributed by atoms with van der Waals surface area (Å²) in [4.78, 5) is 1.29. The predicted molar refractivity (Wildman–Crippen MR) is 78.4 cm³/mol. The van der Waals surface area contributed by atoms with Crippen molar-refractivity contribution >= 4 is 11.8 Å². The molecule has 3 rings (SSSR count). The summed E-state index contributed by atoms with van der Waals surface area (Å²) >= 11 is 1.97. The molecule has 0 aromatic heterocycles. The minimum absolute atomic E-state index is 0.656. The third kappa shape index (κ3) is 3.00. The van der Waals surface area contributed by atoms with E-state index in [1.165, 1.54) is 24.2 Å². The van der Waals surface area contributed by atoms with Gasteiger partial charge in [-0.15, -0.1) is 11.8 Å². The van der Waals surface area contributed by atoms with Gasteiger partial charge < -0.3 is 14.8 Å². The molecular formula is C15H21NO2S. The third-order valence-corrected chi connectivity index (χ3v) is 5.11. The Kier molecular flexibility index (Phi) is 4.18. The van der Waals surface area contributed by atoms with Crippen LogP contribution in [0.3, 0.4) is 0 Å². The summed E-state index contributed by atoms with van der Waals surface area (Å²) < 4.78 is 11.2. The topological polar surface area (TPSA) is 30.5 Å². The Morgan fingerprint density at radius 1 is 1.21 bits per heavy atom. The van der Waals surface area contributed by atoms with Gasteiger partial charge >= 0.3 is 0 Å². The first-order valence-corrected chi connectivity index (χ1v) is 8.04. The van der Waals surface area contributed by atoms with Crippen LogP contribution < -0.4 is 14.8 Å². The highest BCUT2D eigenvalue weighted by molar-refractivity contribution is 8.00. The minimum atomic E-state index is 0.656. The molecule has 19 heavy (non-hydrogen) atoms. The normalized spacial score (nSPS) is 25.5. The van der Waals surface area contributed by atoms with Crippen LogP contribution in [0.15, 0.2) is 23.1 Å². The average Bonchev–Trinajstić information content (AvgIpc) is 2.86. The fourth-order valence-electron chi connectivity index (χ4n) is 2.83. The molecule has 2 aliphatic rings. The van der Waals surface area contributed by atoms with Crippen molar-refractivity contribution in [3.63, 3.8) is 0 Å². The summed E-state index contributed by atoms with van der Waals surface area (Å²) in [7, 11) is 0. The Morgan fingerprint density at radius 2 is 2.05 bits per heavy atom. The zero-order chi connectivity index (χ0) is 13.1. The lowest BCUT2D eigenvalue weighted by atomic mass is 10.2. The maximum Gasteiger partial charge on any atom is 0.162 e. The minimum Gasteiger partial charge on any atom is -0.486 e. The van der Waals surface area contributed by atoms with E-state index in [1.54, 1.807) is 0 Å². The lowest BCUT2D eigenvalue weighted by Crippen LogP contribution is -2.33. The van der Waals surface area contributed by atoms with Crippen LogP contribution in [0.1, 0.15) is 26.2 Å². The van der Waals surface area contributed by atoms with E-state index in [1.807, 2.05) is 17.8 Å². The molecule has 0 radical (unpaired) electrons. The SMILES string of the molecule is CCNC1CCCC1Sc1ccc2c(c1)OCCO2. The highest BCUT2D eigenvalue weighted by atomic mass is 32.2. The zero-order valence-corrected chi connectivity index (χ0v) is 12.2. The summed E-state index contributed by atoms with van der Waals surface area (Å²) in [5, 5.41) is 4.28. The molecule has 2 unspecified atom stereocenters. The summed E-state index contributed by atoms with van der Waals surface area (Å²) in [5.74, 6) is 1.78. The van der Waals surface area contributed by atoms with Crippen molar-refractivity contribution in [3.05, 3.63) is 18.2 Å². The van der Waals surface area contributed by atoms with Crippen molar-refractivity contribution in [1.82, 2.24) is 5.32 Å². The molecule has 1 aliphatic carbocycles. The highest BCUT2D eigenvalue weighted by Gasteiger charge is 2.27. The van der Waals surface area contributed by atoms with E-state index in [2.05, 4.69) is 24.4 Å². The number of fused-ring (bicyclic) bond motifs is 1. The van der Waals surface area contributed by atoms with Crippen LogP contribution in [0.25, 0.3) is 0 Å². The first kappa shape index (κ1) is 13.1. The quantitative estimate of drug-likeness (QED) is 0.917. The maximum atomic E-state index is 5.65. The van der Waals surface area contributed by atoms with Crippen LogP contribution in [-0.4, -0.2) is 31.1 Å². The molecule has 104 valence electrons. The Hall–Kier alpha value is -0.870. The second kappa shape index (κ2) is 6.06. The number of hydrogen-bond donors (Lipinski definition) is 1. The predicted octanol–water partition coefficient (Wildman–Crippen LogP) is 3.08.